The first kappa shape index (κ1) is 21.3. The summed E-state index contributed by atoms with van der Waals surface area (Å²) in [7, 11) is 0. The number of thiophene rings is 1. The lowest BCUT2D eigenvalue weighted by atomic mass is 9.96. The van der Waals surface area contributed by atoms with Crippen molar-refractivity contribution in [1.29, 1.82) is 0 Å². The Bertz CT molecular complexity index is 1050. The summed E-state index contributed by atoms with van der Waals surface area (Å²) in [5.74, 6) is 2.00. The van der Waals surface area contributed by atoms with E-state index in [-0.39, 0.29) is 11.8 Å². The zero-order chi connectivity index (χ0) is 21.8. The Labute approximate surface area is 192 Å². The Kier molecular flexibility index (Phi) is 6.61. The molecule has 1 N–H and O–H groups in total. The Morgan fingerprint density at radius 2 is 2.00 bits per heavy atom. The molecule has 0 bridgehead atoms. The van der Waals surface area contributed by atoms with E-state index in [4.69, 9.17) is 14.7 Å². The predicted molar refractivity (Wildman–Crippen MR) is 127 cm³/mol. The lowest BCUT2D eigenvalue weighted by molar-refractivity contribution is -0.141. The standard InChI is InChI=1S/C24H29N5O2S/c30-24(29-10-12-31-13-11-29)18-5-3-9-28(16-18)17-22-26-21-8-2-1-7-20(21)23(27-22)25-15-19-6-4-14-32-19/h1-2,4,6-8,14,18H,3,5,9-13,15-17H2,(H,25,26,27). The van der Waals surface area contributed by atoms with Crippen molar-refractivity contribution >= 4 is 34.0 Å². The number of hydrogen-bond donors (Lipinski definition) is 1. The van der Waals surface area contributed by atoms with Gasteiger partial charge in [-0.25, -0.2) is 9.97 Å². The van der Waals surface area contributed by atoms with Gasteiger partial charge in [-0.2, -0.15) is 0 Å². The van der Waals surface area contributed by atoms with Crippen molar-refractivity contribution < 1.29 is 9.53 Å². The second-order valence-electron chi connectivity index (χ2n) is 8.45. The van der Waals surface area contributed by atoms with Gasteiger partial charge in [-0.3, -0.25) is 9.69 Å². The minimum Gasteiger partial charge on any atom is -0.378 e. The highest BCUT2D eigenvalue weighted by Gasteiger charge is 2.30. The van der Waals surface area contributed by atoms with Crippen LogP contribution in [0.25, 0.3) is 10.9 Å². The molecule has 2 aromatic heterocycles. The quantitative estimate of drug-likeness (QED) is 0.620. The first-order chi connectivity index (χ1) is 15.8. The number of anilines is 1. The molecule has 1 amide bonds. The second-order valence-corrected chi connectivity index (χ2v) is 9.48. The predicted octanol–water partition coefficient (Wildman–Crippen LogP) is 3.37. The van der Waals surface area contributed by atoms with Crippen molar-refractivity contribution in [3.05, 3.63) is 52.5 Å². The van der Waals surface area contributed by atoms with Gasteiger partial charge in [-0.1, -0.05) is 18.2 Å². The largest absolute Gasteiger partial charge is 0.378 e. The molecule has 3 aromatic rings. The molecule has 2 saturated heterocycles. The minimum atomic E-state index is 0.0544. The maximum atomic E-state index is 13.0. The molecule has 2 aliphatic rings. The number of amides is 1. The van der Waals surface area contributed by atoms with Gasteiger partial charge in [0.25, 0.3) is 0 Å². The third kappa shape index (κ3) is 4.92. The van der Waals surface area contributed by atoms with Crippen LogP contribution in [0, 0.1) is 5.92 Å². The smallest absolute Gasteiger partial charge is 0.227 e. The van der Waals surface area contributed by atoms with Crippen LogP contribution in [-0.2, 0) is 22.6 Å². The van der Waals surface area contributed by atoms with E-state index in [1.165, 1.54) is 4.88 Å². The summed E-state index contributed by atoms with van der Waals surface area (Å²) >= 11 is 1.74. The van der Waals surface area contributed by atoms with Crippen LogP contribution in [0.5, 0.6) is 0 Å². The number of nitrogens with one attached hydrogen (secondary N) is 1. The van der Waals surface area contributed by atoms with Gasteiger partial charge >= 0.3 is 0 Å². The number of para-hydroxylation sites is 1. The van der Waals surface area contributed by atoms with Crippen molar-refractivity contribution in [3.63, 3.8) is 0 Å². The number of rotatable bonds is 6. The number of ether oxygens (including phenoxy) is 1. The van der Waals surface area contributed by atoms with Crippen LogP contribution in [0.3, 0.4) is 0 Å². The summed E-state index contributed by atoms with van der Waals surface area (Å²) < 4.78 is 5.40. The zero-order valence-electron chi connectivity index (χ0n) is 18.2. The number of carbonyl (C=O) groups is 1. The molecular weight excluding hydrogens is 422 g/mol. The average molecular weight is 452 g/mol. The first-order valence-corrected chi connectivity index (χ1v) is 12.2. The molecule has 2 fully saturated rings. The maximum absolute atomic E-state index is 13.0. The van der Waals surface area contributed by atoms with E-state index in [2.05, 4.69) is 33.8 Å². The molecule has 5 rings (SSSR count). The molecule has 2 aliphatic heterocycles. The highest BCUT2D eigenvalue weighted by Crippen LogP contribution is 2.24. The summed E-state index contributed by atoms with van der Waals surface area (Å²) in [6.45, 7) is 5.86. The Morgan fingerprint density at radius 1 is 1.12 bits per heavy atom. The summed E-state index contributed by atoms with van der Waals surface area (Å²) in [5.41, 5.74) is 0.948. The van der Waals surface area contributed by atoms with Crippen LogP contribution in [0.2, 0.25) is 0 Å². The number of nitrogens with zero attached hydrogens (tertiary/aromatic N) is 4. The number of fused-ring (bicyclic) bond motifs is 1. The van der Waals surface area contributed by atoms with Crippen molar-refractivity contribution in [3.8, 4) is 0 Å². The van der Waals surface area contributed by atoms with Gasteiger partial charge in [0.05, 0.1) is 37.7 Å². The van der Waals surface area contributed by atoms with Crippen LogP contribution in [0.4, 0.5) is 5.82 Å². The molecule has 1 atom stereocenters. The Hall–Kier alpha value is -2.55. The van der Waals surface area contributed by atoms with E-state index < -0.39 is 0 Å². The summed E-state index contributed by atoms with van der Waals surface area (Å²) in [5, 5.41) is 6.63. The van der Waals surface area contributed by atoms with Crippen LogP contribution < -0.4 is 5.32 Å². The highest BCUT2D eigenvalue weighted by molar-refractivity contribution is 7.09. The Morgan fingerprint density at radius 3 is 2.84 bits per heavy atom. The third-order valence-electron chi connectivity index (χ3n) is 6.20. The molecule has 32 heavy (non-hydrogen) atoms. The molecule has 0 spiro atoms. The van der Waals surface area contributed by atoms with E-state index in [1.54, 1.807) is 11.3 Å². The molecule has 0 radical (unpaired) electrons. The van der Waals surface area contributed by atoms with Gasteiger partial charge < -0.3 is 15.0 Å². The lowest BCUT2D eigenvalue weighted by Gasteiger charge is -2.36. The SMILES string of the molecule is O=C(C1CCCN(Cc2nc(NCc3cccs3)c3ccccc3n2)C1)N1CCOCC1. The van der Waals surface area contributed by atoms with Gasteiger partial charge in [0.2, 0.25) is 5.91 Å². The maximum Gasteiger partial charge on any atom is 0.227 e. The first-order valence-electron chi connectivity index (χ1n) is 11.4. The monoisotopic (exact) mass is 451 g/mol. The molecule has 1 unspecified atom stereocenters. The normalized spacial score (nSPS) is 19.9. The molecule has 7 nitrogen and oxygen atoms in total. The fourth-order valence-corrected chi connectivity index (χ4v) is 5.20. The number of likely N-dealkylation sites (tertiary alicyclic amines) is 1. The van der Waals surface area contributed by atoms with E-state index in [9.17, 15) is 4.79 Å². The lowest BCUT2D eigenvalue weighted by Crippen LogP contribution is -2.48. The molecule has 0 aliphatic carbocycles. The highest BCUT2D eigenvalue weighted by atomic mass is 32.1. The van der Waals surface area contributed by atoms with Gasteiger partial charge in [-0.15, -0.1) is 11.3 Å². The van der Waals surface area contributed by atoms with Crippen molar-refractivity contribution in [2.75, 3.05) is 44.7 Å². The fourth-order valence-electron chi connectivity index (χ4n) is 4.56. The van der Waals surface area contributed by atoms with E-state index in [0.29, 0.717) is 32.8 Å². The minimum absolute atomic E-state index is 0.0544. The van der Waals surface area contributed by atoms with Crippen molar-refractivity contribution in [1.82, 2.24) is 19.8 Å². The number of carbonyl (C=O) groups excluding carboxylic acids is 1. The molecule has 4 heterocycles. The average Bonchev–Trinajstić information content (AvgIpc) is 3.36. The third-order valence-corrected chi connectivity index (χ3v) is 7.08. The molecule has 8 heteroatoms. The number of hydrogen-bond acceptors (Lipinski definition) is 7. The van der Waals surface area contributed by atoms with Crippen molar-refractivity contribution in [2.24, 2.45) is 5.92 Å². The van der Waals surface area contributed by atoms with E-state index in [1.807, 2.05) is 23.1 Å². The fraction of sp³-hybridized carbons (Fsp3) is 0.458. The number of piperidine rings is 1. The van der Waals surface area contributed by atoms with Gasteiger partial charge in [0.1, 0.15) is 11.6 Å². The summed E-state index contributed by atoms with van der Waals surface area (Å²) in [4.78, 5) is 28.3. The summed E-state index contributed by atoms with van der Waals surface area (Å²) in [6, 6.07) is 12.3. The topological polar surface area (TPSA) is 70.6 Å². The molecule has 1 aromatic carbocycles. The molecule has 0 saturated carbocycles. The number of benzene rings is 1. The van der Waals surface area contributed by atoms with Crippen LogP contribution in [0.1, 0.15) is 23.5 Å². The van der Waals surface area contributed by atoms with Crippen LogP contribution in [0.15, 0.2) is 41.8 Å². The van der Waals surface area contributed by atoms with Crippen molar-refractivity contribution in [2.45, 2.75) is 25.9 Å². The van der Waals surface area contributed by atoms with Gasteiger partial charge in [0, 0.05) is 29.9 Å². The molecular formula is C24H29N5O2S. The number of morpholine rings is 1. The number of aromatic nitrogens is 2. The van der Waals surface area contributed by atoms with E-state index >= 15 is 0 Å². The summed E-state index contributed by atoms with van der Waals surface area (Å²) in [6.07, 6.45) is 1.98. The Balaban J connectivity index is 1.30. The second kappa shape index (κ2) is 9.94. The molecule has 168 valence electrons. The van der Waals surface area contributed by atoms with Gasteiger partial charge in [-0.05, 0) is 43.0 Å². The van der Waals surface area contributed by atoms with Crippen LogP contribution in [-0.4, -0.2) is 65.1 Å². The van der Waals surface area contributed by atoms with Crippen LogP contribution >= 0.6 is 11.3 Å². The van der Waals surface area contributed by atoms with Gasteiger partial charge in [0.15, 0.2) is 0 Å². The van der Waals surface area contributed by atoms with E-state index in [0.717, 1.165) is 55.0 Å². The zero-order valence-corrected chi connectivity index (χ0v) is 19.0.